The number of hydrogen-bond acceptors (Lipinski definition) is 8. The Bertz CT molecular complexity index is 1950. The van der Waals surface area contributed by atoms with Gasteiger partial charge in [0.15, 0.2) is 23.8 Å². The number of sulfonamides is 1. The van der Waals surface area contributed by atoms with Gasteiger partial charge in [0.1, 0.15) is 21.7 Å². The van der Waals surface area contributed by atoms with Crippen LogP contribution in [0.15, 0.2) is 85.5 Å². The first-order chi connectivity index (χ1) is 18.7. The lowest BCUT2D eigenvalue weighted by molar-refractivity contribution is -0.690. The summed E-state index contributed by atoms with van der Waals surface area (Å²) in [7, 11) is -4.33. The molecule has 0 unspecified atom stereocenters. The highest BCUT2D eigenvalue weighted by Gasteiger charge is 2.33. The molecule has 39 heavy (non-hydrogen) atoms. The fourth-order valence-electron chi connectivity index (χ4n) is 4.53. The van der Waals surface area contributed by atoms with Gasteiger partial charge in [-0.05, 0) is 30.2 Å². The zero-order valence-corrected chi connectivity index (χ0v) is 21.9. The lowest BCUT2D eigenvalue weighted by Crippen LogP contribution is -2.37. The SMILES string of the molecule is CC(C)CNn1c(=O)c(C2=NS(=O)(=O)c3c(ccc4oc(C[n+]5ccccc5)nc34)N2)c(O)c2ccccc21. The van der Waals surface area contributed by atoms with Crippen molar-refractivity contribution in [3.63, 3.8) is 0 Å². The zero-order valence-electron chi connectivity index (χ0n) is 21.1. The Morgan fingerprint density at radius 3 is 2.64 bits per heavy atom. The second kappa shape index (κ2) is 9.24. The molecule has 3 aromatic heterocycles. The number of hydrogen-bond donors (Lipinski definition) is 3. The van der Waals surface area contributed by atoms with Crippen molar-refractivity contribution in [1.29, 1.82) is 0 Å². The van der Waals surface area contributed by atoms with Crippen molar-refractivity contribution in [1.82, 2.24) is 9.66 Å². The molecule has 0 saturated heterocycles. The summed E-state index contributed by atoms with van der Waals surface area (Å²) in [5, 5.41) is 14.4. The van der Waals surface area contributed by atoms with Gasteiger partial charge in [-0.1, -0.05) is 32.0 Å². The summed E-state index contributed by atoms with van der Waals surface area (Å²) >= 11 is 0. The second-order valence-electron chi connectivity index (χ2n) is 9.62. The maximum atomic E-state index is 13.6. The number of pyridine rings is 2. The first-order valence-electron chi connectivity index (χ1n) is 12.3. The van der Waals surface area contributed by atoms with Gasteiger partial charge in [-0.25, -0.2) is 9.66 Å². The standard InChI is InChI=1S/C27H24N6O5S/c1-16(2)14-28-33-19-9-5-4-8-17(19)24(34)22(27(33)35)26-29-18-10-11-20-23(25(18)39(36,37)31-26)30-21(38-20)15-32-12-6-3-7-13-32/h3-13,16,28H,14-15H2,1-2H3,(H-,29,31,34,35)/p+1. The molecule has 0 atom stereocenters. The molecule has 0 aliphatic carbocycles. The van der Waals surface area contributed by atoms with Gasteiger partial charge in [0.25, 0.3) is 21.5 Å². The Morgan fingerprint density at radius 2 is 1.87 bits per heavy atom. The van der Waals surface area contributed by atoms with Crippen LogP contribution in [0.4, 0.5) is 5.69 Å². The highest BCUT2D eigenvalue weighted by molar-refractivity contribution is 7.90. The first kappa shape index (κ1) is 24.6. The number of benzene rings is 2. The monoisotopic (exact) mass is 545 g/mol. The van der Waals surface area contributed by atoms with Crippen molar-refractivity contribution in [2.24, 2.45) is 10.3 Å². The topological polar surface area (TPSA) is 143 Å². The van der Waals surface area contributed by atoms with Crippen molar-refractivity contribution in [3.05, 3.63) is 88.8 Å². The van der Waals surface area contributed by atoms with Crippen molar-refractivity contribution >= 4 is 43.5 Å². The van der Waals surface area contributed by atoms with Crippen LogP contribution in [0.1, 0.15) is 25.3 Å². The summed E-state index contributed by atoms with van der Waals surface area (Å²) in [6.07, 6.45) is 3.69. The van der Waals surface area contributed by atoms with Crippen molar-refractivity contribution in [2.75, 3.05) is 17.3 Å². The molecule has 0 radical (unpaired) electrons. The lowest BCUT2D eigenvalue weighted by Gasteiger charge is -2.21. The van der Waals surface area contributed by atoms with E-state index in [0.29, 0.717) is 29.9 Å². The van der Waals surface area contributed by atoms with Gasteiger partial charge < -0.3 is 20.3 Å². The van der Waals surface area contributed by atoms with Crippen LogP contribution in [-0.2, 0) is 16.6 Å². The molecule has 0 fully saturated rings. The molecule has 0 bridgehead atoms. The average Bonchev–Trinajstić information content (AvgIpc) is 3.30. The van der Waals surface area contributed by atoms with Gasteiger partial charge in [-0.3, -0.25) is 4.79 Å². The summed E-state index contributed by atoms with van der Waals surface area (Å²) in [5.74, 6) is -0.0993. The molecule has 11 nitrogen and oxygen atoms in total. The number of anilines is 1. The van der Waals surface area contributed by atoms with Gasteiger partial charge in [0, 0.05) is 24.1 Å². The maximum Gasteiger partial charge on any atom is 0.288 e. The second-order valence-corrected chi connectivity index (χ2v) is 11.2. The molecular weight excluding hydrogens is 520 g/mol. The quantitative estimate of drug-likeness (QED) is 0.277. The van der Waals surface area contributed by atoms with Crippen molar-refractivity contribution in [2.45, 2.75) is 25.3 Å². The highest BCUT2D eigenvalue weighted by atomic mass is 32.2. The largest absolute Gasteiger partial charge is 0.506 e. The molecule has 2 aromatic carbocycles. The molecule has 198 valence electrons. The van der Waals surface area contributed by atoms with Gasteiger partial charge in [-0.15, -0.1) is 4.40 Å². The molecule has 1 aliphatic rings. The molecule has 1 aliphatic heterocycles. The number of amidine groups is 1. The summed E-state index contributed by atoms with van der Waals surface area (Å²) in [5.41, 5.74) is 3.24. The van der Waals surface area contributed by atoms with E-state index in [1.54, 1.807) is 30.3 Å². The number of rotatable bonds is 6. The van der Waals surface area contributed by atoms with E-state index in [-0.39, 0.29) is 44.7 Å². The Balaban J connectivity index is 1.48. The van der Waals surface area contributed by atoms with E-state index in [4.69, 9.17) is 4.42 Å². The molecule has 5 aromatic rings. The number of aromatic nitrogens is 3. The number of fused-ring (bicyclic) bond motifs is 4. The van der Waals surface area contributed by atoms with Gasteiger partial charge in [-0.2, -0.15) is 13.0 Å². The van der Waals surface area contributed by atoms with Gasteiger partial charge >= 0.3 is 0 Å². The molecule has 0 spiro atoms. The minimum absolute atomic E-state index is 0.132. The third kappa shape index (κ3) is 4.28. The van der Waals surface area contributed by atoms with Crippen molar-refractivity contribution < 1.29 is 22.5 Å². The van der Waals surface area contributed by atoms with Crippen LogP contribution < -0.4 is 20.9 Å². The summed E-state index contributed by atoms with van der Waals surface area (Å²) in [4.78, 5) is 17.9. The molecule has 0 amide bonds. The van der Waals surface area contributed by atoms with Crippen LogP contribution >= 0.6 is 0 Å². The number of nitrogens with one attached hydrogen (secondary N) is 2. The Labute approximate surface area is 223 Å². The van der Waals surface area contributed by atoms with E-state index in [2.05, 4.69) is 20.1 Å². The van der Waals surface area contributed by atoms with Crippen molar-refractivity contribution in [3.8, 4) is 5.75 Å². The van der Waals surface area contributed by atoms with E-state index >= 15 is 0 Å². The average molecular weight is 546 g/mol. The molecule has 4 heterocycles. The van der Waals surface area contributed by atoms with Crippen LogP contribution in [0, 0.1) is 5.92 Å². The minimum Gasteiger partial charge on any atom is -0.506 e. The normalized spacial score (nSPS) is 14.3. The maximum absolute atomic E-state index is 13.6. The predicted octanol–water partition coefficient (Wildman–Crippen LogP) is 2.94. The molecule has 0 saturated carbocycles. The first-order valence-corrected chi connectivity index (χ1v) is 13.8. The number of oxazole rings is 1. The Morgan fingerprint density at radius 1 is 1.10 bits per heavy atom. The van der Waals surface area contributed by atoms with E-state index < -0.39 is 15.6 Å². The summed E-state index contributed by atoms with van der Waals surface area (Å²) in [6, 6.07) is 15.6. The van der Waals surface area contributed by atoms with E-state index in [1.165, 1.54) is 10.7 Å². The molecule has 6 rings (SSSR count). The van der Waals surface area contributed by atoms with E-state index in [0.717, 1.165) is 0 Å². The summed E-state index contributed by atoms with van der Waals surface area (Å²) < 4.78 is 39.9. The number of aromatic hydroxyl groups is 1. The van der Waals surface area contributed by atoms with E-state index in [9.17, 15) is 18.3 Å². The molecule has 3 N–H and O–H groups in total. The number of nitrogens with zero attached hydrogens (tertiary/aromatic N) is 4. The summed E-state index contributed by atoms with van der Waals surface area (Å²) in [6.45, 7) is 4.77. The van der Waals surface area contributed by atoms with Crippen LogP contribution in [0.3, 0.4) is 0 Å². The van der Waals surface area contributed by atoms with Gasteiger partial charge in [0.2, 0.25) is 6.54 Å². The van der Waals surface area contributed by atoms with E-state index in [1.807, 2.05) is 49.0 Å². The lowest BCUT2D eigenvalue weighted by atomic mass is 10.1. The van der Waals surface area contributed by atoms with Crippen LogP contribution in [0.2, 0.25) is 0 Å². The Hall–Kier alpha value is -4.71. The fourth-order valence-corrected chi connectivity index (χ4v) is 5.79. The minimum atomic E-state index is -4.33. The predicted molar refractivity (Wildman–Crippen MR) is 146 cm³/mol. The third-order valence-corrected chi connectivity index (χ3v) is 7.68. The smallest absolute Gasteiger partial charge is 0.288 e. The fraction of sp³-hybridized carbons (Fsp3) is 0.185. The van der Waals surface area contributed by atoms with Crippen LogP contribution in [-0.4, -0.2) is 35.6 Å². The van der Waals surface area contributed by atoms with Gasteiger partial charge in [0.05, 0.1) is 11.2 Å². The van der Waals surface area contributed by atoms with Crippen LogP contribution in [0.5, 0.6) is 5.75 Å². The Kier molecular flexibility index (Phi) is 5.83. The zero-order chi connectivity index (χ0) is 27.3. The number of para-hydroxylation sites is 1. The third-order valence-electron chi connectivity index (χ3n) is 6.32. The highest BCUT2D eigenvalue weighted by Crippen LogP contribution is 2.36. The molecular formula is C27H25N6O5S+. The molecule has 12 heteroatoms. The van der Waals surface area contributed by atoms with Crippen LogP contribution in [0.25, 0.3) is 22.0 Å².